The average molecular weight is 653 g/mol. The quantitative estimate of drug-likeness (QED) is 0.138. The summed E-state index contributed by atoms with van der Waals surface area (Å²) in [6, 6.07) is 30.7. The van der Waals surface area contributed by atoms with Crippen molar-refractivity contribution < 1.29 is 22.8 Å². The van der Waals surface area contributed by atoms with Crippen molar-refractivity contribution in [3.8, 4) is 16.9 Å². The van der Waals surface area contributed by atoms with E-state index in [4.69, 9.17) is 11.6 Å². The summed E-state index contributed by atoms with van der Waals surface area (Å²) < 4.78 is 43.0. The van der Waals surface area contributed by atoms with Crippen LogP contribution in [0.4, 0.5) is 18.9 Å². The second kappa shape index (κ2) is 11.9. The van der Waals surface area contributed by atoms with Gasteiger partial charge in [-0.25, -0.2) is 4.68 Å². The number of ketones is 1. The number of benzene rings is 5. The van der Waals surface area contributed by atoms with Gasteiger partial charge < -0.3 is 9.80 Å². The van der Waals surface area contributed by atoms with E-state index in [0.717, 1.165) is 33.3 Å². The number of piperazine rings is 1. The third-order valence-electron chi connectivity index (χ3n) is 8.66. The molecule has 1 aliphatic heterocycles. The molecule has 0 aliphatic carbocycles. The summed E-state index contributed by atoms with van der Waals surface area (Å²) in [5.74, 6) is -0.381. The van der Waals surface area contributed by atoms with Gasteiger partial charge in [-0.15, -0.1) is 0 Å². The fourth-order valence-corrected chi connectivity index (χ4v) is 6.43. The number of halogens is 4. The van der Waals surface area contributed by atoms with Gasteiger partial charge in [0.2, 0.25) is 0 Å². The van der Waals surface area contributed by atoms with E-state index in [2.05, 4.69) is 10.00 Å². The first-order valence-electron chi connectivity index (χ1n) is 15.1. The molecule has 1 aliphatic rings. The van der Waals surface area contributed by atoms with Crippen molar-refractivity contribution in [1.82, 2.24) is 14.7 Å². The molecular weight excluding hydrogens is 625 g/mol. The van der Waals surface area contributed by atoms with E-state index in [1.807, 2.05) is 66.7 Å². The Labute approximate surface area is 273 Å². The molecular formula is C37H28ClF3N4O2. The van der Waals surface area contributed by atoms with Crippen LogP contribution in [0.3, 0.4) is 0 Å². The number of nitrogens with zero attached hydrogens (tertiary/aromatic N) is 4. The van der Waals surface area contributed by atoms with Crippen LogP contribution >= 0.6 is 11.6 Å². The molecule has 0 atom stereocenters. The highest BCUT2D eigenvalue weighted by molar-refractivity contribution is 6.34. The predicted molar refractivity (Wildman–Crippen MR) is 179 cm³/mol. The van der Waals surface area contributed by atoms with Gasteiger partial charge in [-0.1, -0.05) is 60.1 Å². The number of Topliss-reactive ketones (excluding diaryl/α,β-unsaturated/α-hetero) is 1. The SMILES string of the molecule is CC(=O)c1cc(C(=O)N2CCN(c3ccc(-n4nc(C(F)(F)F)cc4-c4ccc5c(ccc6ccccc65)c4)cc3)CC2)ccc1Cl. The molecule has 6 nitrogen and oxygen atoms in total. The van der Waals surface area contributed by atoms with Crippen LogP contribution in [0.5, 0.6) is 0 Å². The lowest BCUT2D eigenvalue weighted by Gasteiger charge is -2.36. The highest BCUT2D eigenvalue weighted by atomic mass is 35.5. The fraction of sp³-hybridized carbons (Fsp3) is 0.162. The number of alkyl halides is 3. The van der Waals surface area contributed by atoms with E-state index in [1.54, 1.807) is 29.2 Å². The summed E-state index contributed by atoms with van der Waals surface area (Å²) in [4.78, 5) is 28.9. The van der Waals surface area contributed by atoms with Gasteiger partial charge in [0, 0.05) is 48.6 Å². The normalized spacial score (nSPS) is 13.8. The fourth-order valence-electron chi connectivity index (χ4n) is 6.18. The van der Waals surface area contributed by atoms with Crippen molar-refractivity contribution in [3.63, 3.8) is 0 Å². The third-order valence-corrected chi connectivity index (χ3v) is 8.99. The van der Waals surface area contributed by atoms with E-state index < -0.39 is 11.9 Å². The lowest BCUT2D eigenvalue weighted by atomic mass is 9.99. The summed E-state index contributed by atoms with van der Waals surface area (Å²) >= 11 is 6.11. The van der Waals surface area contributed by atoms with Gasteiger partial charge in [-0.05, 0) is 83.1 Å². The molecule has 47 heavy (non-hydrogen) atoms. The van der Waals surface area contributed by atoms with Crippen LogP contribution in [0.2, 0.25) is 5.02 Å². The van der Waals surface area contributed by atoms with Gasteiger partial charge in [-0.3, -0.25) is 9.59 Å². The molecule has 0 bridgehead atoms. The van der Waals surface area contributed by atoms with E-state index >= 15 is 0 Å². The Balaban J connectivity index is 1.13. The molecule has 5 aromatic carbocycles. The Hall–Kier alpha value is -5.15. The number of aromatic nitrogens is 2. The summed E-state index contributed by atoms with van der Waals surface area (Å²) in [5.41, 5.74) is 2.09. The number of amides is 1. The summed E-state index contributed by atoms with van der Waals surface area (Å²) in [7, 11) is 0. The van der Waals surface area contributed by atoms with Gasteiger partial charge in [0.15, 0.2) is 11.5 Å². The van der Waals surface area contributed by atoms with Crippen molar-refractivity contribution in [1.29, 1.82) is 0 Å². The zero-order valence-corrected chi connectivity index (χ0v) is 26.0. The van der Waals surface area contributed by atoms with Crippen LogP contribution in [-0.2, 0) is 6.18 Å². The van der Waals surface area contributed by atoms with Gasteiger partial charge in [-0.2, -0.15) is 18.3 Å². The molecule has 7 rings (SSSR count). The number of hydrogen-bond donors (Lipinski definition) is 0. The molecule has 10 heteroatoms. The first kappa shape index (κ1) is 30.5. The number of rotatable bonds is 5. The van der Waals surface area contributed by atoms with Crippen molar-refractivity contribution in [2.45, 2.75) is 13.1 Å². The Morgan fingerprint density at radius 2 is 1.43 bits per heavy atom. The summed E-state index contributed by atoms with van der Waals surface area (Å²) in [5, 5.41) is 8.41. The smallest absolute Gasteiger partial charge is 0.368 e. The highest BCUT2D eigenvalue weighted by Gasteiger charge is 2.35. The summed E-state index contributed by atoms with van der Waals surface area (Å²) in [6.07, 6.45) is -4.61. The highest BCUT2D eigenvalue weighted by Crippen LogP contribution is 2.36. The Morgan fingerprint density at radius 3 is 2.15 bits per heavy atom. The van der Waals surface area contributed by atoms with Crippen LogP contribution in [0.25, 0.3) is 38.5 Å². The van der Waals surface area contributed by atoms with Crippen LogP contribution < -0.4 is 4.90 Å². The van der Waals surface area contributed by atoms with Gasteiger partial charge in [0.25, 0.3) is 5.91 Å². The molecule has 1 fully saturated rings. The van der Waals surface area contributed by atoms with E-state index in [1.165, 1.54) is 17.7 Å². The Kier molecular flexibility index (Phi) is 7.72. The summed E-state index contributed by atoms with van der Waals surface area (Å²) in [6.45, 7) is 3.47. The van der Waals surface area contributed by atoms with E-state index in [9.17, 15) is 22.8 Å². The monoisotopic (exact) mass is 652 g/mol. The average Bonchev–Trinajstić information content (AvgIpc) is 3.55. The first-order valence-corrected chi connectivity index (χ1v) is 15.5. The molecule has 2 heterocycles. The van der Waals surface area contributed by atoms with Crippen LogP contribution in [-0.4, -0.2) is 52.5 Å². The van der Waals surface area contributed by atoms with Crippen LogP contribution in [0.1, 0.15) is 33.3 Å². The molecule has 236 valence electrons. The van der Waals surface area contributed by atoms with Gasteiger partial charge in [0.05, 0.1) is 16.4 Å². The first-order chi connectivity index (χ1) is 22.6. The zero-order chi connectivity index (χ0) is 32.9. The molecule has 0 radical (unpaired) electrons. The molecule has 0 saturated carbocycles. The molecule has 1 aromatic heterocycles. The van der Waals surface area contributed by atoms with Crippen molar-refractivity contribution in [2.24, 2.45) is 0 Å². The second-order valence-electron chi connectivity index (χ2n) is 11.6. The number of carbonyl (C=O) groups excluding carboxylic acids is 2. The standard InChI is InChI=1S/C37H28ClF3N4O2/c1-23(46)32-21-27(9-15-33(32)38)36(47)44-18-16-43(17-19-44)28-10-12-29(13-11-28)45-34(22-35(42-45)37(39,40)41)26-8-14-31-25(20-26)7-6-24-4-2-3-5-30(24)31/h2-15,20-22H,16-19H2,1H3. The minimum Gasteiger partial charge on any atom is -0.368 e. The maximum atomic E-state index is 13.9. The van der Waals surface area contributed by atoms with Gasteiger partial charge in [0.1, 0.15) is 0 Å². The lowest BCUT2D eigenvalue weighted by Crippen LogP contribution is -2.48. The second-order valence-corrected chi connectivity index (χ2v) is 12.0. The largest absolute Gasteiger partial charge is 0.435 e. The van der Waals surface area contributed by atoms with Crippen LogP contribution in [0.15, 0.2) is 103 Å². The molecule has 0 N–H and O–H groups in total. The number of anilines is 1. The lowest BCUT2D eigenvalue weighted by molar-refractivity contribution is -0.141. The Bertz CT molecular complexity index is 2170. The van der Waals surface area contributed by atoms with Gasteiger partial charge >= 0.3 is 6.18 Å². The number of fused-ring (bicyclic) bond motifs is 3. The van der Waals surface area contributed by atoms with E-state index in [0.29, 0.717) is 59.3 Å². The molecule has 1 amide bonds. The van der Waals surface area contributed by atoms with Crippen molar-refractivity contribution >= 4 is 50.5 Å². The molecule has 0 spiro atoms. The van der Waals surface area contributed by atoms with Crippen molar-refractivity contribution in [3.05, 3.63) is 125 Å². The Morgan fingerprint density at radius 1 is 0.745 bits per heavy atom. The van der Waals surface area contributed by atoms with E-state index in [-0.39, 0.29) is 11.7 Å². The van der Waals surface area contributed by atoms with Crippen LogP contribution in [0, 0.1) is 0 Å². The number of carbonyl (C=O) groups is 2. The topological polar surface area (TPSA) is 58.4 Å². The molecule has 6 aromatic rings. The zero-order valence-electron chi connectivity index (χ0n) is 25.3. The molecule has 1 saturated heterocycles. The predicted octanol–water partition coefficient (Wildman–Crippen LogP) is 8.68. The molecule has 0 unspecified atom stereocenters. The maximum Gasteiger partial charge on any atom is 0.435 e. The number of hydrogen-bond acceptors (Lipinski definition) is 4. The maximum absolute atomic E-state index is 13.9. The van der Waals surface area contributed by atoms with Crippen molar-refractivity contribution in [2.75, 3.05) is 31.1 Å². The minimum atomic E-state index is -4.61. The third kappa shape index (κ3) is 5.83. The minimum absolute atomic E-state index is 0.173.